The molecule has 0 bridgehead atoms. The van der Waals surface area contributed by atoms with Gasteiger partial charge in [0.15, 0.2) is 0 Å². The van der Waals surface area contributed by atoms with Crippen LogP contribution in [-0.4, -0.2) is 62.2 Å². The summed E-state index contributed by atoms with van der Waals surface area (Å²) in [6.07, 6.45) is 6.39. The fourth-order valence-electron chi connectivity index (χ4n) is 7.54. The Morgan fingerprint density at radius 1 is 1.08 bits per heavy atom. The third-order valence-electron chi connectivity index (χ3n) is 9.70. The van der Waals surface area contributed by atoms with Gasteiger partial charge in [0.25, 0.3) is 0 Å². The molecular weight excluding hydrogens is 452 g/mol. The van der Waals surface area contributed by atoms with Gasteiger partial charge >= 0.3 is 0 Å². The maximum absolute atomic E-state index is 13.1. The van der Waals surface area contributed by atoms with Crippen LogP contribution >= 0.6 is 0 Å². The SMILES string of the molecule is COc1ccc2c(c1)[C@]1(C[C@H]1C1CCC3C(C1)NNC3c1ccnc(N3CCN(C)CC3)c1)C(=O)N2. The van der Waals surface area contributed by atoms with E-state index < -0.39 is 0 Å². The zero-order valence-corrected chi connectivity index (χ0v) is 21.2. The van der Waals surface area contributed by atoms with Crippen molar-refractivity contribution in [2.75, 3.05) is 50.6 Å². The van der Waals surface area contributed by atoms with Crippen LogP contribution in [0.1, 0.15) is 42.9 Å². The van der Waals surface area contributed by atoms with Crippen molar-refractivity contribution in [1.82, 2.24) is 20.7 Å². The molecule has 190 valence electrons. The van der Waals surface area contributed by atoms with Gasteiger partial charge in [0, 0.05) is 44.1 Å². The zero-order chi connectivity index (χ0) is 24.4. The second-order valence-electron chi connectivity index (χ2n) is 11.5. The molecule has 4 unspecified atom stereocenters. The highest BCUT2D eigenvalue weighted by molar-refractivity contribution is 6.09. The van der Waals surface area contributed by atoms with Gasteiger partial charge in [-0.25, -0.2) is 10.4 Å². The van der Waals surface area contributed by atoms with Crippen molar-refractivity contribution >= 4 is 17.4 Å². The van der Waals surface area contributed by atoms with Crippen LogP contribution in [0, 0.1) is 17.8 Å². The smallest absolute Gasteiger partial charge is 0.235 e. The Bertz CT molecular complexity index is 1180. The second-order valence-corrected chi connectivity index (χ2v) is 11.5. The molecule has 3 aliphatic heterocycles. The molecule has 2 saturated heterocycles. The molecule has 1 amide bonds. The number of pyridine rings is 1. The van der Waals surface area contributed by atoms with E-state index in [0.29, 0.717) is 29.8 Å². The summed E-state index contributed by atoms with van der Waals surface area (Å²) in [5.41, 5.74) is 10.4. The Kier molecular flexibility index (Phi) is 5.27. The Hall–Kier alpha value is -2.68. The summed E-state index contributed by atoms with van der Waals surface area (Å²) in [6, 6.07) is 11.2. The number of methoxy groups -OCH3 is 1. The van der Waals surface area contributed by atoms with Gasteiger partial charge in [-0.1, -0.05) is 0 Å². The van der Waals surface area contributed by atoms with Crippen molar-refractivity contribution in [2.45, 2.75) is 43.2 Å². The van der Waals surface area contributed by atoms with E-state index in [2.05, 4.69) is 51.2 Å². The van der Waals surface area contributed by atoms with Crippen LogP contribution in [0.3, 0.4) is 0 Å². The summed E-state index contributed by atoms with van der Waals surface area (Å²) in [6.45, 7) is 4.23. The van der Waals surface area contributed by atoms with E-state index in [9.17, 15) is 4.79 Å². The predicted molar refractivity (Wildman–Crippen MR) is 139 cm³/mol. The van der Waals surface area contributed by atoms with Gasteiger partial charge in [0.1, 0.15) is 11.6 Å². The lowest BCUT2D eigenvalue weighted by Crippen LogP contribution is -2.44. The van der Waals surface area contributed by atoms with E-state index >= 15 is 0 Å². The number of anilines is 2. The number of hydrazine groups is 1. The van der Waals surface area contributed by atoms with Crippen LogP contribution < -0.4 is 25.8 Å². The molecule has 3 N–H and O–H groups in total. The number of nitrogens with zero attached hydrogens (tertiary/aromatic N) is 3. The van der Waals surface area contributed by atoms with Gasteiger partial charge in [-0.15, -0.1) is 0 Å². The molecule has 6 atom stereocenters. The standard InChI is InChI=1S/C28H36N6O2/c1-33-9-11-34(12-10-33)25-14-18(7-8-29-25)26-20-5-3-17(13-24(20)31-32-26)22-16-28(22)21-15-19(36-2)4-6-23(21)30-27(28)35/h4,6-8,14-15,17,20,22,24,26,31-32H,3,5,9-13,16H2,1-2H3,(H,30,35)/t17?,20?,22-,24?,26?,28-/m0/s1. The van der Waals surface area contributed by atoms with Gasteiger partial charge in [0.2, 0.25) is 5.91 Å². The number of hydrogen-bond acceptors (Lipinski definition) is 7. The van der Waals surface area contributed by atoms with Crippen LogP contribution in [0.2, 0.25) is 0 Å². The minimum atomic E-state index is -0.352. The zero-order valence-electron chi connectivity index (χ0n) is 21.2. The quantitative estimate of drug-likeness (QED) is 0.611. The Morgan fingerprint density at radius 3 is 2.78 bits per heavy atom. The van der Waals surface area contributed by atoms with E-state index in [1.165, 1.54) is 18.4 Å². The van der Waals surface area contributed by atoms with Crippen LogP contribution in [0.15, 0.2) is 36.5 Å². The first-order valence-electron chi connectivity index (χ1n) is 13.5. The highest BCUT2D eigenvalue weighted by Crippen LogP contribution is 2.65. The number of hydrogen-bond donors (Lipinski definition) is 3. The molecule has 7 rings (SSSR count). The van der Waals surface area contributed by atoms with Gasteiger partial charge in [-0.05, 0) is 91.9 Å². The maximum Gasteiger partial charge on any atom is 0.235 e. The number of carbonyl (C=O) groups is 1. The predicted octanol–water partition coefficient (Wildman–Crippen LogP) is 2.69. The van der Waals surface area contributed by atoms with Crippen molar-refractivity contribution in [2.24, 2.45) is 17.8 Å². The molecular formula is C28H36N6O2. The van der Waals surface area contributed by atoms with E-state index in [1.54, 1.807) is 7.11 Å². The number of piperazine rings is 1. The highest BCUT2D eigenvalue weighted by Gasteiger charge is 2.67. The van der Waals surface area contributed by atoms with E-state index in [-0.39, 0.29) is 11.3 Å². The minimum absolute atomic E-state index is 0.182. The molecule has 5 aliphatic rings. The molecule has 2 aliphatic carbocycles. The van der Waals surface area contributed by atoms with Crippen molar-refractivity contribution < 1.29 is 9.53 Å². The van der Waals surface area contributed by atoms with Crippen molar-refractivity contribution in [1.29, 1.82) is 0 Å². The van der Waals surface area contributed by atoms with Gasteiger partial charge in [-0.3, -0.25) is 10.2 Å². The number of carbonyl (C=O) groups excluding carboxylic acids is 1. The van der Waals surface area contributed by atoms with E-state index in [4.69, 9.17) is 9.72 Å². The molecule has 2 saturated carbocycles. The normalized spacial score (nSPS) is 35.4. The fraction of sp³-hybridized carbons (Fsp3) is 0.571. The molecule has 1 spiro atoms. The number of benzene rings is 1. The van der Waals surface area contributed by atoms with Crippen molar-refractivity contribution in [3.63, 3.8) is 0 Å². The topological polar surface area (TPSA) is 81.8 Å². The number of nitrogens with one attached hydrogen (secondary N) is 3. The third kappa shape index (κ3) is 3.45. The Balaban J connectivity index is 1.05. The summed E-state index contributed by atoms with van der Waals surface area (Å²) < 4.78 is 5.47. The molecule has 8 heteroatoms. The lowest BCUT2D eigenvalue weighted by Gasteiger charge is -2.35. The molecule has 2 aromatic rings. The van der Waals surface area contributed by atoms with E-state index in [1.807, 2.05) is 18.3 Å². The molecule has 1 aromatic carbocycles. The summed E-state index contributed by atoms with van der Waals surface area (Å²) >= 11 is 0. The number of ether oxygens (including phenoxy) is 1. The number of fused-ring (bicyclic) bond motifs is 3. The summed E-state index contributed by atoms with van der Waals surface area (Å²) in [4.78, 5) is 22.6. The minimum Gasteiger partial charge on any atom is -0.497 e. The second kappa shape index (κ2) is 8.43. The van der Waals surface area contributed by atoms with Crippen LogP contribution in [-0.2, 0) is 10.2 Å². The van der Waals surface area contributed by atoms with Crippen LogP contribution in [0.25, 0.3) is 0 Å². The first-order valence-corrected chi connectivity index (χ1v) is 13.5. The molecule has 4 fully saturated rings. The average molecular weight is 489 g/mol. The first-order chi connectivity index (χ1) is 17.6. The maximum atomic E-state index is 13.1. The number of likely N-dealkylation sites (N-methyl/N-ethyl adjacent to an activating group) is 1. The Labute approximate surface area is 212 Å². The lowest BCUT2D eigenvalue weighted by atomic mass is 9.72. The molecule has 0 radical (unpaired) electrons. The van der Waals surface area contributed by atoms with Crippen LogP contribution in [0.4, 0.5) is 11.5 Å². The fourth-order valence-corrected chi connectivity index (χ4v) is 7.54. The summed E-state index contributed by atoms with van der Waals surface area (Å²) in [5.74, 6) is 3.64. The highest BCUT2D eigenvalue weighted by atomic mass is 16.5. The van der Waals surface area contributed by atoms with E-state index in [0.717, 1.165) is 61.8 Å². The van der Waals surface area contributed by atoms with Gasteiger partial charge in [-0.2, -0.15) is 0 Å². The van der Waals surface area contributed by atoms with Crippen LogP contribution in [0.5, 0.6) is 5.75 Å². The van der Waals surface area contributed by atoms with Crippen molar-refractivity contribution in [3.8, 4) is 5.75 Å². The van der Waals surface area contributed by atoms with Crippen molar-refractivity contribution in [3.05, 3.63) is 47.7 Å². The molecule has 8 nitrogen and oxygen atoms in total. The Morgan fingerprint density at radius 2 is 1.94 bits per heavy atom. The monoisotopic (exact) mass is 488 g/mol. The molecule has 36 heavy (non-hydrogen) atoms. The molecule has 1 aromatic heterocycles. The number of aromatic nitrogens is 1. The largest absolute Gasteiger partial charge is 0.497 e. The molecule has 4 heterocycles. The third-order valence-corrected chi connectivity index (χ3v) is 9.70. The number of amides is 1. The summed E-state index contributed by atoms with van der Waals surface area (Å²) in [7, 11) is 3.88. The summed E-state index contributed by atoms with van der Waals surface area (Å²) in [5, 5.41) is 3.15. The first kappa shape index (κ1) is 22.5. The lowest BCUT2D eigenvalue weighted by molar-refractivity contribution is -0.118. The van der Waals surface area contributed by atoms with Gasteiger partial charge < -0.3 is 19.9 Å². The average Bonchev–Trinajstić information content (AvgIpc) is 3.43. The van der Waals surface area contributed by atoms with Gasteiger partial charge in [0.05, 0.1) is 18.6 Å². The number of rotatable bonds is 4.